The number of carbonyl (C=O) groups excluding carboxylic acids is 2. The van der Waals surface area contributed by atoms with Crippen molar-refractivity contribution < 1.29 is 38.7 Å². The molecule has 1 aromatic carbocycles. The molecule has 1 saturated heterocycles. The molecule has 1 heterocycles. The van der Waals surface area contributed by atoms with Gasteiger partial charge in [-0.3, -0.25) is 4.79 Å². The first-order valence-electron chi connectivity index (χ1n) is 8.03. The lowest BCUT2D eigenvalue weighted by Gasteiger charge is -2.40. The van der Waals surface area contributed by atoms with E-state index in [1.807, 2.05) is 0 Å². The van der Waals surface area contributed by atoms with Crippen molar-refractivity contribution in [1.82, 2.24) is 0 Å². The second-order valence-electron chi connectivity index (χ2n) is 5.80. The minimum Gasteiger partial charge on any atom is -0.497 e. The smallest absolute Gasteiger partial charge is 0.331 e. The molecule has 26 heavy (non-hydrogen) atoms. The Morgan fingerprint density at radius 3 is 2.35 bits per heavy atom. The maximum absolute atomic E-state index is 12.0. The largest absolute Gasteiger partial charge is 0.497 e. The highest BCUT2D eigenvalue weighted by molar-refractivity contribution is 5.87. The molecule has 8 heteroatoms. The van der Waals surface area contributed by atoms with Crippen LogP contribution in [0.3, 0.4) is 0 Å². The molecule has 0 bridgehead atoms. The minimum absolute atomic E-state index is 0.691. The van der Waals surface area contributed by atoms with Crippen LogP contribution in [0.4, 0.5) is 0 Å². The van der Waals surface area contributed by atoms with Crippen LogP contribution >= 0.6 is 0 Å². The molecule has 8 nitrogen and oxygen atoms in total. The first-order valence-corrected chi connectivity index (χ1v) is 8.03. The van der Waals surface area contributed by atoms with Crippen molar-refractivity contribution in [3.63, 3.8) is 0 Å². The molecule has 5 atom stereocenters. The normalized spacial score (nSPS) is 28.6. The summed E-state index contributed by atoms with van der Waals surface area (Å²) in [7, 11) is 1.56. The highest BCUT2D eigenvalue weighted by atomic mass is 16.7. The zero-order valence-corrected chi connectivity index (χ0v) is 14.7. The Morgan fingerprint density at radius 2 is 1.77 bits per heavy atom. The Hall–Kier alpha value is -2.42. The zero-order chi connectivity index (χ0) is 19.3. The predicted molar refractivity (Wildman–Crippen MR) is 90.0 cm³/mol. The van der Waals surface area contributed by atoms with E-state index in [2.05, 4.69) is 0 Å². The summed E-state index contributed by atoms with van der Waals surface area (Å²) in [6.45, 7) is 2.66. The molecule has 2 N–H and O–H groups in total. The standard InChI is InChI=1S/C18H22O8/c1-10-16(15(21)17(18(22)24-10)25-11(2)19)26-14(20)9-6-12-4-7-13(23-3)8-5-12/h4-10,15-18,21-22H,1-3H3. The number of hydrogen-bond donors (Lipinski definition) is 2. The van der Waals surface area contributed by atoms with Gasteiger partial charge in [0.1, 0.15) is 11.9 Å². The van der Waals surface area contributed by atoms with Gasteiger partial charge in [-0.25, -0.2) is 4.79 Å². The zero-order valence-electron chi connectivity index (χ0n) is 14.7. The van der Waals surface area contributed by atoms with E-state index in [4.69, 9.17) is 18.9 Å². The van der Waals surface area contributed by atoms with Crippen LogP contribution < -0.4 is 4.74 Å². The lowest BCUT2D eigenvalue weighted by atomic mass is 9.99. The van der Waals surface area contributed by atoms with E-state index in [1.165, 1.54) is 13.0 Å². The van der Waals surface area contributed by atoms with E-state index in [0.29, 0.717) is 5.75 Å². The van der Waals surface area contributed by atoms with Gasteiger partial charge < -0.3 is 29.2 Å². The molecule has 1 aliphatic rings. The fraction of sp³-hybridized carbons (Fsp3) is 0.444. The Balaban J connectivity index is 2.01. The number of hydrogen-bond acceptors (Lipinski definition) is 8. The van der Waals surface area contributed by atoms with Gasteiger partial charge in [0.25, 0.3) is 0 Å². The van der Waals surface area contributed by atoms with Crippen molar-refractivity contribution in [3.8, 4) is 5.75 Å². The molecule has 1 fully saturated rings. The molecule has 0 amide bonds. The first-order chi connectivity index (χ1) is 12.3. The van der Waals surface area contributed by atoms with Crippen LogP contribution in [0.15, 0.2) is 30.3 Å². The fourth-order valence-electron chi connectivity index (χ4n) is 2.55. The van der Waals surface area contributed by atoms with Gasteiger partial charge in [-0.05, 0) is 30.7 Å². The number of esters is 2. The summed E-state index contributed by atoms with van der Waals surface area (Å²) >= 11 is 0. The van der Waals surface area contributed by atoms with Gasteiger partial charge in [0.2, 0.25) is 0 Å². The van der Waals surface area contributed by atoms with E-state index in [-0.39, 0.29) is 0 Å². The van der Waals surface area contributed by atoms with Crippen LogP contribution in [0, 0.1) is 0 Å². The Kier molecular flexibility index (Phi) is 6.73. The molecule has 5 unspecified atom stereocenters. The quantitative estimate of drug-likeness (QED) is 0.577. The Labute approximate surface area is 150 Å². The predicted octanol–water partition coefficient (Wildman–Crippen LogP) is 0.650. The molecular weight excluding hydrogens is 344 g/mol. The Bertz CT molecular complexity index is 654. The third-order valence-electron chi connectivity index (χ3n) is 3.85. The molecule has 0 aromatic heterocycles. The van der Waals surface area contributed by atoms with Crippen LogP contribution in [-0.4, -0.2) is 60.0 Å². The molecule has 2 rings (SSSR count). The van der Waals surface area contributed by atoms with Gasteiger partial charge in [-0.15, -0.1) is 0 Å². The summed E-state index contributed by atoms with van der Waals surface area (Å²) in [6, 6.07) is 7.02. The minimum atomic E-state index is -1.51. The fourth-order valence-corrected chi connectivity index (χ4v) is 2.55. The van der Waals surface area contributed by atoms with Crippen LogP contribution in [0.5, 0.6) is 5.75 Å². The van der Waals surface area contributed by atoms with Gasteiger partial charge in [0, 0.05) is 13.0 Å². The lowest BCUT2D eigenvalue weighted by molar-refractivity contribution is -0.284. The summed E-state index contributed by atoms with van der Waals surface area (Å²) in [5.41, 5.74) is 0.754. The van der Waals surface area contributed by atoms with Crippen molar-refractivity contribution in [3.05, 3.63) is 35.9 Å². The molecule has 1 aromatic rings. The van der Waals surface area contributed by atoms with E-state index in [1.54, 1.807) is 37.5 Å². The number of aliphatic hydroxyl groups is 2. The SMILES string of the molecule is COc1ccc(C=CC(=O)OC2C(C)OC(O)C(OC(C)=O)C2O)cc1. The van der Waals surface area contributed by atoms with Gasteiger partial charge in [0.05, 0.1) is 13.2 Å². The summed E-state index contributed by atoms with van der Waals surface area (Å²) in [5, 5.41) is 20.1. The highest BCUT2D eigenvalue weighted by Crippen LogP contribution is 2.25. The van der Waals surface area contributed by atoms with Crippen molar-refractivity contribution in [2.75, 3.05) is 7.11 Å². The summed E-state index contributed by atoms with van der Waals surface area (Å²) in [5.74, 6) is -0.717. The van der Waals surface area contributed by atoms with Gasteiger partial charge >= 0.3 is 11.9 Å². The molecule has 0 radical (unpaired) electrons. The number of benzene rings is 1. The highest BCUT2D eigenvalue weighted by Gasteiger charge is 2.46. The van der Waals surface area contributed by atoms with Crippen LogP contribution in [0.2, 0.25) is 0 Å². The molecule has 0 saturated carbocycles. The summed E-state index contributed by atoms with van der Waals surface area (Å²) in [6.07, 6.45) is -3.41. The van der Waals surface area contributed by atoms with E-state index < -0.39 is 42.6 Å². The van der Waals surface area contributed by atoms with Crippen molar-refractivity contribution in [1.29, 1.82) is 0 Å². The lowest BCUT2D eigenvalue weighted by Crippen LogP contribution is -2.59. The number of carbonyl (C=O) groups is 2. The second kappa shape index (κ2) is 8.79. The van der Waals surface area contributed by atoms with Crippen molar-refractivity contribution in [2.45, 2.75) is 44.6 Å². The van der Waals surface area contributed by atoms with E-state index >= 15 is 0 Å². The van der Waals surface area contributed by atoms with Gasteiger partial charge in [-0.2, -0.15) is 0 Å². The van der Waals surface area contributed by atoms with E-state index in [0.717, 1.165) is 12.5 Å². The molecule has 0 aliphatic carbocycles. The summed E-state index contributed by atoms with van der Waals surface area (Å²) in [4.78, 5) is 23.1. The second-order valence-corrected chi connectivity index (χ2v) is 5.80. The van der Waals surface area contributed by atoms with Crippen LogP contribution in [0.1, 0.15) is 19.4 Å². The number of ether oxygens (including phenoxy) is 4. The molecular formula is C18H22O8. The topological polar surface area (TPSA) is 112 Å². The van der Waals surface area contributed by atoms with Crippen molar-refractivity contribution in [2.24, 2.45) is 0 Å². The van der Waals surface area contributed by atoms with Crippen LogP contribution in [-0.2, 0) is 23.8 Å². The number of rotatable bonds is 5. The van der Waals surface area contributed by atoms with Gasteiger partial charge in [-0.1, -0.05) is 12.1 Å². The average molecular weight is 366 g/mol. The summed E-state index contributed by atoms with van der Waals surface area (Å²) < 4.78 is 20.3. The third-order valence-corrected chi connectivity index (χ3v) is 3.85. The number of methoxy groups -OCH3 is 1. The molecule has 0 spiro atoms. The first kappa shape index (κ1) is 19.9. The number of aliphatic hydroxyl groups excluding tert-OH is 2. The maximum Gasteiger partial charge on any atom is 0.331 e. The molecule has 1 aliphatic heterocycles. The average Bonchev–Trinajstić information content (AvgIpc) is 2.60. The maximum atomic E-state index is 12.0. The van der Waals surface area contributed by atoms with Gasteiger partial charge in [0.15, 0.2) is 18.5 Å². The Morgan fingerprint density at radius 1 is 1.12 bits per heavy atom. The van der Waals surface area contributed by atoms with E-state index in [9.17, 15) is 19.8 Å². The van der Waals surface area contributed by atoms with Crippen molar-refractivity contribution >= 4 is 18.0 Å². The molecule has 142 valence electrons. The monoisotopic (exact) mass is 366 g/mol. The third kappa shape index (κ3) is 5.04. The van der Waals surface area contributed by atoms with Crippen LogP contribution in [0.25, 0.3) is 6.08 Å².